The zero-order chi connectivity index (χ0) is 15.8. The van der Waals surface area contributed by atoms with Gasteiger partial charge in [-0.25, -0.2) is 4.79 Å². The number of nitrogens with two attached hydrogens (primary N) is 1. The summed E-state index contributed by atoms with van der Waals surface area (Å²) in [7, 11) is 0. The second-order valence-corrected chi connectivity index (χ2v) is 6.04. The molecule has 1 aromatic carbocycles. The number of carbonyl (C=O) groups excluding carboxylic acids is 2. The highest BCUT2D eigenvalue weighted by atomic mass is 16.6. The van der Waals surface area contributed by atoms with Gasteiger partial charge in [-0.3, -0.25) is 4.79 Å². The summed E-state index contributed by atoms with van der Waals surface area (Å²) in [5.41, 5.74) is 6.03. The summed E-state index contributed by atoms with van der Waals surface area (Å²) in [6, 6.07) is 6.81. The predicted octanol–water partition coefficient (Wildman–Crippen LogP) is 2.64. The second kappa shape index (κ2) is 5.24. The van der Waals surface area contributed by atoms with Gasteiger partial charge in [-0.2, -0.15) is 0 Å². The lowest BCUT2D eigenvalue weighted by molar-refractivity contribution is -0.158. The predicted molar refractivity (Wildman–Crippen MR) is 81.0 cm³/mol. The van der Waals surface area contributed by atoms with E-state index in [4.69, 9.17) is 10.5 Å². The fourth-order valence-corrected chi connectivity index (χ4v) is 2.22. The van der Waals surface area contributed by atoms with E-state index in [9.17, 15) is 9.59 Å². The molecule has 2 N–H and O–H groups in total. The summed E-state index contributed by atoms with van der Waals surface area (Å²) in [6.07, 6.45) is 1.61. The van der Waals surface area contributed by atoms with Crippen molar-refractivity contribution >= 4 is 22.8 Å². The number of para-hydroxylation sites is 1. The standard InChI is InChI=1S/C16H20N2O3/c1-10(15(20)21-16(2,3)4)18-9-12(14(17)19)11-7-5-6-8-13(11)18/h5-10H,1-4H3,(H2,17,19). The second-order valence-electron chi connectivity index (χ2n) is 6.04. The number of primary amides is 1. The molecule has 112 valence electrons. The number of hydrogen-bond acceptors (Lipinski definition) is 3. The van der Waals surface area contributed by atoms with Gasteiger partial charge >= 0.3 is 5.97 Å². The number of esters is 1. The van der Waals surface area contributed by atoms with Crippen LogP contribution in [0.5, 0.6) is 0 Å². The maximum atomic E-state index is 12.2. The lowest BCUT2D eigenvalue weighted by Gasteiger charge is -2.23. The van der Waals surface area contributed by atoms with Crippen LogP contribution in [0, 0.1) is 0 Å². The Morgan fingerprint density at radius 1 is 1.24 bits per heavy atom. The maximum absolute atomic E-state index is 12.2. The van der Waals surface area contributed by atoms with Crippen molar-refractivity contribution in [1.29, 1.82) is 0 Å². The van der Waals surface area contributed by atoms with Crippen molar-refractivity contribution in [3.8, 4) is 0 Å². The van der Waals surface area contributed by atoms with Crippen LogP contribution in [0.4, 0.5) is 0 Å². The van der Waals surface area contributed by atoms with Crippen molar-refractivity contribution in [2.75, 3.05) is 0 Å². The number of carbonyl (C=O) groups is 2. The summed E-state index contributed by atoms with van der Waals surface area (Å²) in [5.74, 6) is -0.861. The Labute approximate surface area is 123 Å². The minimum atomic E-state index is -0.555. The number of nitrogens with zero attached hydrogens (tertiary/aromatic N) is 1. The van der Waals surface area contributed by atoms with Gasteiger partial charge in [0.1, 0.15) is 11.6 Å². The van der Waals surface area contributed by atoms with Crippen LogP contribution < -0.4 is 5.73 Å². The van der Waals surface area contributed by atoms with E-state index in [1.807, 2.05) is 45.0 Å². The third-order valence-electron chi connectivity index (χ3n) is 3.17. The number of rotatable bonds is 3. The van der Waals surface area contributed by atoms with Crippen molar-refractivity contribution < 1.29 is 14.3 Å². The molecule has 1 heterocycles. The molecule has 1 amide bonds. The summed E-state index contributed by atoms with van der Waals surface area (Å²) in [6.45, 7) is 7.20. The fraction of sp³-hybridized carbons (Fsp3) is 0.375. The average Bonchev–Trinajstić information content (AvgIpc) is 2.75. The van der Waals surface area contributed by atoms with Crippen molar-refractivity contribution in [2.24, 2.45) is 5.73 Å². The fourth-order valence-electron chi connectivity index (χ4n) is 2.22. The normalized spacial score (nSPS) is 13.1. The van der Waals surface area contributed by atoms with Gasteiger partial charge in [-0.05, 0) is 33.8 Å². The number of hydrogen-bond donors (Lipinski definition) is 1. The number of benzene rings is 1. The van der Waals surface area contributed by atoms with E-state index in [1.54, 1.807) is 17.7 Å². The summed E-state index contributed by atoms with van der Waals surface area (Å²) < 4.78 is 7.12. The molecule has 0 radical (unpaired) electrons. The first-order chi connectivity index (χ1) is 9.70. The van der Waals surface area contributed by atoms with Crippen LogP contribution in [0.2, 0.25) is 0 Å². The van der Waals surface area contributed by atoms with Crippen LogP contribution in [-0.2, 0) is 9.53 Å². The molecule has 5 heteroatoms. The monoisotopic (exact) mass is 288 g/mol. The van der Waals surface area contributed by atoms with E-state index in [-0.39, 0.29) is 5.97 Å². The Morgan fingerprint density at radius 3 is 2.43 bits per heavy atom. The first kappa shape index (κ1) is 15.1. The molecule has 0 saturated heterocycles. The number of amides is 1. The Morgan fingerprint density at radius 2 is 1.86 bits per heavy atom. The number of ether oxygens (including phenoxy) is 1. The third kappa shape index (κ3) is 3.07. The van der Waals surface area contributed by atoms with E-state index in [0.29, 0.717) is 5.56 Å². The van der Waals surface area contributed by atoms with E-state index in [0.717, 1.165) is 10.9 Å². The van der Waals surface area contributed by atoms with Crippen LogP contribution in [-0.4, -0.2) is 22.0 Å². The first-order valence-electron chi connectivity index (χ1n) is 6.83. The molecule has 0 aliphatic carbocycles. The average molecular weight is 288 g/mol. The minimum Gasteiger partial charge on any atom is -0.458 e. The Hall–Kier alpha value is -2.30. The van der Waals surface area contributed by atoms with E-state index in [1.165, 1.54) is 0 Å². The topological polar surface area (TPSA) is 74.3 Å². The van der Waals surface area contributed by atoms with Crippen molar-refractivity contribution in [3.63, 3.8) is 0 Å². The van der Waals surface area contributed by atoms with E-state index >= 15 is 0 Å². The van der Waals surface area contributed by atoms with E-state index < -0.39 is 17.6 Å². The van der Waals surface area contributed by atoms with Crippen molar-refractivity contribution in [3.05, 3.63) is 36.0 Å². The van der Waals surface area contributed by atoms with Crippen LogP contribution >= 0.6 is 0 Å². The molecule has 0 aliphatic rings. The molecular formula is C16H20N2O3. The van der Waals surface area contributed by atoms with Gasteiger partial charge in [0.15, 0.2) is 0 Å². The molecule has 1 aromatic heterocycles. The lowest BCUT2D eigenvalue weighted by Crippen LogP contribution is -2.28. The van der Waals surface area contributed by atoms with Crippen LogP contribution in [0.25, 0.3) is 10.9 Å². The molecule has 0 spiro atoms. The smallest absolute Gasteiger partial charge is 0.329 e. The van der Waals surface area contributed by atoms with Gasteiger partial charge in [0.2, 0.25) is 0 Å². The van der Waals surface area contributed by atoms with Gasteiger partial charge in [0, 0.05) is 17.1 Å². The summed E-state index contributed by atoms with van der Waals surface area (Å²) >= 11 is 0. The number of fused-ring (bicyclic) bond motifs is 1. The molecular weight excluding hydrogens is 268 g/mol. The zero-order valence-corrected chi connectivity index (χ0v) is 12.7. The third-order valence-corrected chi connectivity index (χ3v) is 3.17. The van der Waals surface area contributed by atoms with Crippen LogP contribution in [0.1, 0.15) is 44.1 Å². The van der Waals surface area contributed by atoms with E-state index in [2.05, 4.69) is 0 Å². The van der Waals surface area contributed by atoms with Gasteiger partial charge < -0.3 is 15.0 Å². The summed E-state index contributed by atoms with van der Waals surface area (Å²) in [5, 5.41) is 0.736. The van der Waals surface area contributed by atoms with Gasteiger partial charge in [-0.1, -0.05) is 18.2 Å². The molecule has 2 rings (SSSR count). The zero-order valence-electron chi connectivity index (χ0n) is 12.7. The van der Waals surface area contributed by atoms with Gasteiger partial charge in [-0.15, -0.1) is 0 Å². The largest absolute Gasteiger partial charge is 0.458 e. The molecule has 0 fully saturated rings. The quantitative estimate of drug-likeness (QED) is 0.882. The molecule has 2 aromatic rings. The first-order valence-corrected chi connectivity index (χ1v) is 6.83. The molecule has 1 atom stereocenters. The molecule has 21 heavy (non-hydrogen) atoms. The SMILES string of the molecule is CC(C(=O)OC(C)(C)C)n1cc(C(N)=O)c2ccccc21. The summed E-state index contributed by atoms with van der Waals surface area (Å²) in [4.78, 5) is 23.8. The number of aromatic nitrogens is 1. The van der Waals surface area contributed by atoms with Crippen LogP contribution in [0.3, 0.4) is 0 Å². The van der Waals surface area contributed by atoms with Gasteiger partial charge in [0.05, 0.1) is 5.56 Å². The highest BCUT2D eigenvalue weighted by Crippen LogP contribution is 2.26. The minimum absolute atomic E-state index is 0.348. The molecule has 0 aliphatic heterocycles. The van der Waals surface area contributed by atoms with Gasteiger partial charge in [0.25, 0.3) is 5.91 Å². The molecule has 5 nitrogen and oxygen atoms in total. The van der Waals surface area contributed by atoms with Crippen LogP contribution in [0.15, 0.2) is 30.5 Å². The molecule has 0 saturated carbocycles. The Kier molecular flexibility index (Phi) is 3.77. The Bertz CT molecular complexity index is 695. The highest BCUT2D eigenvalue weighted by molar-refractivity contribution is 6.06. The highest BCUT2D eigenvalue weighted by Gasteiger charge is 2.25. The van der Waals surface area contributed by atoms with Crippen molar-refractivity contribution in [1.82, 2.24) is 4.57 Å². The molecule has 0 bridgehead atoms. The van der Waals surface area contributed by atoms with Crippen molar-refractivity contribution in [2.45, 2.75) is 39.3 Å². The lowest BCUT2D eigenvalue weighted by atomic mass is 10.1. The Balaban J connectivity index is 2.47. The maximum Gasteiger partial charge on any atom is 0.329 e. The molecule has 1 unspecified atom stereocenters.